The van der Waals surface area contributed by atoms with Crippen molar-refractivity contribution < 1.29 is 14.3 Å². The summed E-state index contributed by atoms with van der Waals surface area (Å²) in [5, 5.41) is 0. The number of ether oxygens (including phenoxy) is 2. The molecule has 1 rings (SSSR count). The highest BCUT2D eigenvalue weighted by molar-refractivity contribution is 5.74. The van der Waals surface area contributed by atoms with E-state index in [0.717, 1.165) is 32.6 Å². The van der Waals surface area contributed by atoms with Gasteiger partial charge in [0.2, 0.25) is 5.91 Å². The fraction of sp³-hybridized carbons (Fsp3) is 0.727. The number of carbonyl (C=O) groups excluding carboxylic acids is 1. The lowest BCUT2D eigenvalue weighted by Gasteiger charge is -2.15. The summed E-state index contributed by atoms with van der Waals surface area (Å²) in [4.78, 5) is 12.6. The topological polar surface area (TPSA) is 42.1 Å². The van der Waals surface area contributed by atoms with E-state index in [9.17, 15) is 4.79 Å². The molecule has 0 aliphatic carbocycles. The number of unbranched alkanes of at least 4 members (excludes halogenated alkanes) is 1. The largest absolute Gasteiger partial charge is 0.379 e. The number of epoxide rings is 1. The van der Waals surface area contributed by atoms with Crippen LogP contribution in [0.25, 0.3) is 0 Å². The summed E-state index contributed by atoms with van der Waals surface area (Å²) in [6.45, 7) is 8.14. The average Bonchev–Trinajstić information content (AvgIpc) is 3.00. The molecular weight excluding hydrogens is 194 g/mol. The van der Waals surface area contributed by atoms with Gasteiger partial charge in [0.25, 0.3) is 0 Å². The Kier molecular flexibility index (Phi) is 5.36. The van der Waals surface area contributed by atoms with Crippen molar-refractivity contribution in [1.82, 2.24) is 4.90 Å². The summed E-state index contributed by atoms with van der Waals surface area (Å²) < 4.78 is 10.4. The normalized spacial score (nSPS) is 18.6. The van der Waals surface area contributed by atoms with Gasteiger partial charge in [0.1, 0.15) is 6.10 Å². The van der Waals surface area contributed by atoms with Crippen LogP contribution in [0.2, 0.25) is 0 Å². The maximum atomic E-state index is 11.0. The molecule has 15 heavy (non-hydrogen) atoms. The van der Waals surface area contributed by atoms with Gasteiger partial charge in [-0.2, -0.15) is 0 Å². The van der Waals surface area contributed by atoms with Crippen LogP contribution < -0.4 is 0 Å². The number of carbonyl (C=O) groups is 1. The van der Waals surface area contributed by atoms with Crippen LogP contribution in [0.15, 0.2) is 12.8 Å². The Bertz CT molecular complexity index is 214. The summed E-state index contributed by atoms with van der Waals surface area (Å²) >= 11 is 0. The van der Waals surface area contributed by atoms with Crippen molar-refractivity contribution in [2.75, 3.05) is 26.4 Å². The van der Waals surface area contributed by atoms with Gasteiger partial charge < -0.3 is 14.4 Å². The fourth-order valence-corrected chi connectivity index (χ4v) is 1.24. The fourth-order valence-electron chi connectivity index (χ4n) is 1.24. The molecule has 1 heterocycles. The van der Waals surface area contributed by atoms with Crippen molar-refractivity contribution in [3.8, 4) is 0 Å². The molecule has 4 heteroatoms. The van der Waals surface area contributed by atoms with Gasteiger partial charge in [-0.1, -0.05) is 6.58 Å². The monoisotopic (exact) mass is 213 g/mol. The molecule has 1 aliphatic heterocycles. The summed E-state index contributed by atoms with van der Waals surface area (Å²) in [7, 11) is 0. The van der Waals surface area contributed by atoms with E-state index in [0.29, 0.717) is 12.7 Å². The van der Waals surface area contributed by atoms with Crippen molar-refractivity contribution in [2.45, 2.75) is 25.9 Å². The van der Waals surface area contributed by atoms with Gasteiger partial charge in [-0.25, -0.2) is 0 Å². The minimum atomic E-state index is 0.0392. The Balaban J connectivity index is 1.90. The average molecular weight is 213 g/mol. The molecular formula is C11H19NO3. The molecule has 1 unspecified atom stereocenters. The Hall–Kier alpha value is -0.870. The van der Waals surface area contributed by atoms with Gasteiger partial charge in [-0.05, 0) is 19.0 Å². The van der Waals surface area contributed by atoms with E-state index >= 15 is 0 Å². The van der Waals surface area contributed by atoms with E-state index in [2.05, 4.69) is 6.58 Å². The summed E-state index contributed by atoms with van der Waals surface area (Å²) in [6, 6.07) is 0. The predicted octanol–water partition coefficient (Wildman–Crippen LogP) is 1.17. The van der Waals surface area contributed by atoms with Crippen LogP contribution in [0.4, 0.5) is 0 Å². The number of nitrogens with zero attached hydrogens (tertiary/aromatic N) is 1. The van der Waals surface area contributed by atoms with Gasteiger partial charge >= 0.3 is 0 Å². The second kappa shape index (κ2) is 6.58. The van der Waals surface area contributed by atoms with E-state index < -0.39 is 0 Å². The van der Waals surface area contributed by atoms with Gasteiger partial charge in [0.05, 0.1) is 13.2 Å². The van der Waals surface area contributed by atoms with Crippen LogP contribution in [0.3, 0.4) is 0 Å². The lowest BCUT2D eigenvalue weighted by molar-refractivity contribution is -0.126. The van der Waals surface area contributed by atoms with Crippen LogP contribution in [-0.4, -0.2) is 43.3 Å². The molecule has 1 fully saturated rings. The predicted molar refractivity (Wildman–Crippen MR) is 57.4 cm³/mol. The van der Waals surface area contributed by atoms with Gasteiger partial charge in [-0.3, -0.25) is 4.79 Å². The zero-order valence-corrected chi connectivity index (χ0v) is 9.28. The SMILES string of the molecule is C=CN(CCCCOCC1CO1)C(C)=O. The first kappa shape index (κ1) is 12.2. The first-order chi connectivity index (χ1) is 7.24. The quantitative estimate of drug-likeness (QED) is 0.449. The molecule has 4 nitrogen and oxygen atoms in total. The standard InChI is InChI=1S/C11H19NO3/c1-3-12(10(2)13)6-4-5-7-14-8-11-9-15-11/h3,11H,1,4-9H2,2H3. The van der Waals surface area contributed by atoms with E-state index in [1.165, 1.54) is 0 Å². The lowest BCUT2D eigenvalue weighted by atomic mass is 10.3. The minimum Gasteiger partial charge on any atom is -0.379 e. The van der Waals surface area contributed by atoms with Crippen molar-refractivity contribution in [2.24, 2.45) is 0 Å². The first-order valence-electron chi connectivity index (χ1n) is 5.33. The number of hydrogen-bond donors (Lipinski definition) is 0. The van der Waals surface area contributed by atoms with Crippen LogP contribution in [0.1, 0.15) is 19.8 Å². The van der Waals surface area contributed by atoms with Crippen molar-refractivity contribution in [1.29, 1.82) is 0 Å². The van der Waals surface area contributed by atoms with Crippen LogP contribution >= 0.6 is 0 Å². The Morgan fingerprint density at radius 3 is 2.93 bits per heavy atom. The summed E-state index contributed by atoms with van der Waals surface area (Å²) in [5.74, 6) is 0.0392. The lowest BCUT2D eigenvalue weighted by Crippen LogP contribution is -2.23. The molecule has 0 aromatic carbocycles. The Labute approximate surface area is 90.8 Å². The molecule has 0 saturated carbocycles. The molecule has 0 spiro atoms. The van der Waals surface area contributed by atoms with E-state index in [-0.39, 0.29) is 5.91 Å². The van der Waals surface area contributed by atoms with Crippen molar-refractivity contribution >= 4 is 5.91 Å². The maximum Gasteiger partial charge on any atom is 0.223 e. The van der Waals surface area contributed by atoms with Crippen molar-refractivity contribution in [3.63, 3.8) is 0 Å². The minimum absolute atomic E-state index is 0.0392. The maximum absolute atomic E-state index is 11.0. The number of amides is 1. The highest BCUT2D eigenvalue weighted by Crippen LogP contribution is 2.08. The third-order valence-electron chi connectivity index (χ3n) is 2.27. The van der Waals surface area contributed by atoms with Crippen molar-refractivity contribution in [3.05, 3.63) is 12.8 Å². The van der Waals surface area contributed by atoms with Crippen LogP contribution in [0.5, 0.6) is 0 Å². The number of hydrogen-bond acceptors (Lipinski definition) is 3. The van der Waals surface area contributed by atoms with E-state index in [1.807, 2.05) is 0 Å². The molecule has 0 aromatic heterocycles. The summed E-state index contributed by atoms with van der Waals surface area (Å²) in [6.07, 6.45) is 3.81. The first-order valence-corrected chi connectivity index (χ1v) is 5.33. The highest BCUT2D eigenvalue weighted by Gasteiger charge is 2.21. The molecule has 0 aromatic rings. The third-order valence-corrected chi connectivity index (χ3v) is 2.27. The molecule has 86 valence electrons. The molecule has 0 radical (unpaired) electrons. The molecule has 1 atom stereocenters. The van der Waals surface area contributed by atoms with E-state index in [1.54, 1.807) is 18.0 Å². The molecule has 1 saturated heterocycles. The van der Waals surface area contributed by atoms with Gasteiger partial charge in [0, 0.05) is 20.1 Å². The molecule has 1 aliphatic rings. The smallest absolute Gasteiger partial charge is 0.223 e. The summed E-state index contributed by atoms with van der Waals surface area (Å²) in [5.41, 5.74) is 0. The van der Waals surface area contributed by atoms with Gasteiger partial charge in [0.15, 0.2) is 0 Å². The second-order valence-electron chi connectivity index (χ2n) is 3.63. The second-order valence-corrected chi connectivity index (χ2v) is 3.63. The molecule has 0 bridgehead atoms. The Morgan fingerprint density at radius 1 is 1.67 bits per heavy atom. The third kappa shape index (κ3) is 5.54. The van der Waals surface area contributed by atoms with Crippen LogP contribution in [0, 0.1) is 0 Å². The molecule has 1 amide bonds. The van der Waals surface area contributed by atoms with Gasteiger partial charge in [-0.15, -0.1) is 0 Å². The highest BCUT2D eigenvalue weighted by atomic mass is 16.6. The Morgan fingerprint density at radius 2 is 2.40 bits per heavy atom. The zero-order chi connectivity index (χ0) is 11.1. The number of rotatable bonds is 8. The van der Waals surface area contributed by atoms with Crippen LogP contribution in [-0.2, 0) is 14.3 Å². The zero-order valence-electron chi connectivity index (χ0n) is 9.28. The molecule has 0 N–H and O–H groups in total. The van der Waals surface area contributed by atoms with E-state index in [4.69, 9.17) is 9.47 Å².